The maximum Gasteiger partial charge on any atom is 0.123 e. The van der Waals surface area contributed by atoms with E-state index in [0.29, 0.717) is 6.54 Å². The lowest BCUT2D eigenvalue weighted by Gasteiger charge is -2.21. The molecule has 0 saturated heterocycles. The molecule has 0 unspecified atom stereocenters. The highest BCUT2D eigenvalue weighted by Gasteiger charge is 2.08. The number of furan rings is 1. The third kappa shape index (κ3) is 4.50. The lowest BCUT2D eigenvalue weighted by Crippen LogP contribution is -2.25. The average Bonchev–Trinajstić information content (AvgIpc) is 2.91. The van der Waals surface area contributed by atoms with Gasteiger partial charge in [-0.25, -0.2) is 4.39 Å². The zero-order valence-corrected chi connectivity index (χ0v) is 10.9. The fourth-order valence-corrected chi connectivity index (χ4v) is 2.00. The second kappa shape index (κ2) is 7.07. The molecule has 1 heterocycles. The fourth-order valence-electron chi connectivity index (χ4n) is 2.00. The van der Waals surface area contributed by atoms with Crippen LogP contribution in [0.3, 0.4) is 0 Å². The summed E-state index contributed by atoms with van der Waals surface area (Å²) in [6, 6.07) is 10.4. The number of hydrogen-bond acceptors (Lipinski definition) is 3. The van der Waals surface area contributed by atoms with Crippen LogP contribution in [0.15, 0.2) is 47.1 Å². The molecule has 1 aromatic heterocycles. The molecule has 0 bridgehead atoms. The van der Waals surface area contributed by atoms with Crippen molar-refractivity contribution in [3.05, 3.63) is 59.8 Å². The molecular formula is C15H19FN2O. The molecule has 2 rings (SSSR count). The van der Waals surface area contributed by atoms with Crippen molar-refractivity contribution in [3.8, 4) is 0 Å². The zero-order valence-electron chi connectivity index (χ0n) is 10.9. The normalized spacial score (nSPS) is 11.1. The number of nitrogens with zero attached hydrogens (tertiary/aromatic N) is 1. The summed E-state index contributed by atoms with van der Waals surface area (Å²) in [5, 5.41) is 0. The maximum atomic E-state index is 12.9. The van der Waals surface area contributed by atoms with Gasteiger partial charge in [-0.1, -0.05) is 12.1 Å². The largest absolute Gasteiger partial charge is 0.468 e. The Hall–Kier alpha value is -1.65. The van der Waals surface area contributed by atoms with Crippen LogP contribution in [0.2, 0.25) is 0 Å². The highest BCUT2D eigenvalue weighted by molar-refractivity contribution is 5.16. The van der Waals surface area contributed by atoms with Gasteiger partial charge >= 0.3 is 0 Å². The molecule has 0 fully saturated rings. The molecule has 19 heavy (non-hydrogen) atoms. The molecule has 0 aliphatic heterocycles. The van der Waals surface area contributed by atoms with Crippen molar-refractivity contribution in [3.63, 3.8) is 0 Å². The van der Waals surface area contributed by atoms with Crippen LogP contribution in [0.1, 0.15) is 17.7 Å². The molecule has 2 aromatic rings. The van der Waals surface area contributed by atoms with E-state index in [0.717, 1.165) is 37.4 Å². The van der Waals surface area contributed by atoms with Crippen LogP contribution in [-0.4, -0.2) is 18.0 Å². The van der Waals surface area contributed by atoms with Crippen LogP contribution in [0, 0.1) is 5.82 Å². The molecule has 1 aromatic carbocycles. The summed E-state index contributed by atoms with van der Waals surface area (Å²) in [5.41, 5.74) is 6.65. The van der Waals surface area contributed by atoms with E-state index in [1.54, 1.807) is 6.26 Å². The highest BCUT2D eigenvalue weighted by Crippen LogP contribution is 2.11. The van der Waals surface area contributed by atoms with E-state index < -0.39 is 0 Å². The Labute approximate surface area is 112 Å². The maximum absolute atomic E-state index is 12.9. The lowest BCUT2D eigenvalue weighted by molar-refractivity contribution is 0.234. The molecule has 0 saturated carbocycles. The number of nitrogens with two attached hydrogens (primary N) is 1. The summed E-state index contributed by atoms with van der Waals surface area (Å²) < 4.78 is 18.3. The Morgan fingerprint density at radius 2 is 1.89 bits per heavy atom. The summed E-state index contributed by atoms with van der Waals surface area (Å²) in [4.78, 5) is 2.25. The van der Waals surface area contributed by atoms with E-state index in [1.807, 2.05) is 24.3 Å². The quantitative estimate of drug-likeness (QED) is 0.834. The lowest BCUT2D eigenvalue weighted by atomic mass is 10.2. The van der Waals surface area contributed by atoms with E-state index in [2.05, 4.69) is 4.90 Å². The van der Waals surface area contributed by atoms with Gasteiger partial charge in [-0.3, -0.25) is 4.90 Å². The first-order chi connectivity index (χ1) is 9.28. The molecule has 0 amide bonds. The summed E-state index contributed by atoms with van der Waals surface area (Å²) in [6.45, 7) is 3.07. The minimum Gasteiger partial charge on any atom is -0.468 e. The van der Waals surface area contributed by atoms with Gasteiger partial charge < -0.3 is 10.2 Å². The van der Waals surface area contributed by atoms with Crippen LogP contribution in [-0.2, 0) is 13.1 Å². The van der Waals surface area contributed by atoms with Crippen molar-refractivity contribution in [2.24, 2.45) is 5.73 Å². The topological polar surface area (TPSA) is 42.4 Å². The molecule has 4 heteroatoms. The Bertz CT molecular complexity index is 467. The van der Waals surface area contributed by atoms with Crippen LogP contribution < -0.4 is 5.73 Å². The van der Waals surface area contributed by atoms with Crippen molar-refractivity contribution in [2.75, 3.05) is 13.1 Å². The second-order valence-electron chi connectivity index (χ2n) is 4.56. The molecular weight excluding hydrogens is 243 g/mol. The SMILES string of the molecule is NCCCN(Cc1ccc(F)cc1)Cc1ccco1. The van der Waals surface area contributed by atoms with Gasteiger partial charge in [0.1, 0.15) is 11.6 Å². The van der Waals surface area contributed by atoms with Crippen molar-refractivity contribution < 1.29 is 8.81 Å². The number of rotatable bonds is 7. The van der Waals surface area contributed by atoms with Gasteiger partial charge in [0.05, 0.1) is 12.8 Å². The van der Waals surface area contributed by atoms with E-state index in [1.165, 1.54) is 12.1 Å². The molecule has 0 spiro atoms. The number of halogens is 1. The third-order valence-electron chi connectivity index (χ3n) is 2.96. The van der Waals surface area contributed by atoms with Gasteiger partial charge in [-0.15, -0.1) is 0 Å². The highest BCUT2D eigenvalue weighted by atomic mass is 19.1. The summed E-state index contributed by atoms with van der Waals surface area (Å²) >= 11 is 0. The van der Waals surface area contributed by atoms with Crippen LogP contribution >= 0.6 is 0 Å². The first-order valence-corrected chi connectivity index (χ1v) is 6.47. The zero-order chi connectivity index (χ0) is 13.5. The molecule has 0 aliphatic carbocycles. The van der Waals surface area contributed by atoms with Gasteiger partial charge in [0.15, 0.2) is 0 Å². The van der Waals surface area contributed by atoms with Crippen molar-refractivity contribution in [1.29, 1.82) is 0 Å². The predicted molar refractivity (Wildman–Crippen MR) is 72.9 cm³/mol. The van der Waals surface area contributed by atoms with Gasteiger partial charge in [0, 0.05) is 13.1 Å². The summed E-state index contributed by atoms with van der Waals surface area (Å²) in [7, 11) is 0. The third-order valence-corrected chi connectivity index (χ3v) is 2.96. The monoisotopic (exact) mass is 262 g/mol. The van der Waals surface area contributed by atoms with Crippen molar-refractivity contribution in [1.82, 2.24) is 4.90 Å². The summed E-state index contributed by atoms with van der Waals surface area (Å²) in [6.07, 6.45) is 2.61. The smallest absolute Gasteiger partial charge is 0.123 e. The number of benzene rings is 1. The van der Waals surface area contributed by atoms with E-state index >= 15 is 0 Å². The predicted octanol–water partition coefficient (Wildman–Crippen LogP) is 2.77. The van der Waals surface area contributed by atoms with Crippen molar-refractivity contribution >= 4 is 0 Å². The minimum absolute atomic E-state index is 0.205. The Morgan fingerprint density at radius 1 is 1.11 bits per heavy atom. The molecule has 2 N–H and O–H groups in total. The first-order valence-electron chi connectivity index (χ1n) is 6.47. The molecule has 0 radical (unpaired) electrons. The van der Waals surface area contributed by atoms with Gasteiger partial charge in [-0.2, -0.15) is 0 Å². The van der Waals surface area contributed by atoms with E-state index in [-0.39, 0.29) is 5.82 Å². The summed E-state index contributed by atoms with van der Waals surface area (Å²) in [5.74, 6) is 0.724. The van der Waals surface area contributed by atoms with Crippen LogP contribution in [0.25, 0.3) is 0 Å². The standard InChI is InChI=1S/C15H19FN2O/c16-14-6-4-13(5-7-14)11-18(9-2-8-17)12-15-3-1-10-19-15/h1,3-7,10H,2,8-9,11-12,17H2. The van der Waals surface area contributed by atoms with Gasteiger partial charge in [-0.05, 0) is 42.8 Å². The minimum atomic E-state index is -0.205. The molecule has 3 nitrogen and oxygen atoms in total. The fraction of sp³-hybridized carbons (Fsp3) is 0.333. The van der Waals surface area contributed by atoms with Crippen LogP contribution in [0.5, 0.6) is 0 Å². The number of hydrogen-bond donors (Lipinski definition) is 1. The van der Waals surface area contributed by atoms with Crippen LogP contribution in [0.4, 0.5) is 4.39 Å². The molecule has 102 valence electrons. The van der Waals surface area contributed by atoms with Crippen molar-refractivity contribution in [2.45, 2.75) is 19.5 Å². The Balaban J connectivity index is 1.98. The molecule has 0 aliphatic rings. The van der Waals surface area contributed by atoms with E-state index in [9.17, 15) is 4.39 Å². The van der Waals surface area contributed by atoms with Gasteiger partial charge in [0.2, 0.25) is 0 Å². The average molecular weight is 262 g/mol. The molecule has 0 atom stereocenters. The Kier molecular flexibility index (Phi) is 5.12. The Morgan fingerprint density at radius 3 is 2.53 bits per heavy atom. The van der Waals surface area contributed by atoms with E-state index in [4.69, 9.17) is 10.2 Å². The van der Waals surface area contributed by atoms with Gasteiger partial charge in [0.25, 0.3) is 0 Å². The first kappa shape index (κ1) is 13.8. The second-order valence-corrected chi connectivity index (χ2v) is 4.56.